The molecular weight excluding hydrogens is 420 g/mol. The molecule has 0 aromatic carbocycles. The fourth-order valence-corrected chi connectivity index (χ4v) is 9.23. The van der Waals surface area contributed by atoms with E-state index in [4.69, 9.17) is 14.2 Å². The van der Waals surface area contributed by atoms with Crippen LogP contribution in [0.2, 0.25) is 0 Å². The average molecular weight is 457 g/mol. The largest absolute Gasteiger partial charge is 0.481 e. The number of carbonyl (C=O) groups excluding carboxylic acids is 1. The second kappa shape index (κ2) is 6.79. The van der Waals surface area contributed by atoms with Crippen molar-refractivity contribution in [3.63, 3.8) is 0 Å². The molecule has 180 valence electrons. The molecule has 6 nitrogen and oxygen atoms in total. The molecule has 2 heterocycles. The third kappa shape index (κ3) is 2.36. The first-order valence-corrected chi connectivity index (χ1v) is 12.7. The number of ether oxygens (including phenoxy) is 3. The maximum Gasteiger partial charge on any atom is 0.315 e. The van der Waals surface area contributed by atoms with Gasteiger partial charge in [-0.3, -0.25) is 4.79 Å². The molecule has 33 heavy (non-hydrogen) atoms. The predicted octanol–water partition coefficient (Wildman–Crippen LogP) is 4.00. The SMILES string of the molecule is C=C1[C@@H](C)O[C@@H](OCC23CC4C(C)CCC4C4(C=O)CC2C=C(C(C)C)C43C(=O)O)[C@H]2O[C@@H]12. The molecule has 0 amide bonds. The van der Waals surface area contributed by atoms with Crippen LogP contribution in [-0.4, -0.2) is 48.6 Å². The summed E-state index contributed by atoms with van der Waals surface area (Å²) in [5, 5.41) is 11.0. The van der Waals surface area contributed by atoms with Gasteiger partial charge in [-0.25, -0.2) is 0 Å². The van der Waals surface area contributed by atoms with Crippen molar-refractivity contribution in [1.29, 1.82) is 0 Å². The summed E-state index contributed by atoms with van der Waals surface area (Å²) >= 11 is 0. The molecule has 3 saturated carbocycles. The number of epoxide rings is 1. The Hall–Kier alpha value is -1.50. The lowest BCUT2D eigenvalue weighted by molar-refractivity contribution is -0.219. The number of hydrogen-bond donors (Lipinski definition) is 1. The van der Waals surface area contributed by atoms with Crippen molar-refractivity contribution < 1.29 is 28.9 Å². The lowest BCUT2D eigenvalue weighted by atomic mass is 9.43. The Morgan fingerprint density at radius 3 is 2.73 bits per heavy atom. The highest BCUT2D eigenvalue weighted by Gasteiger charge is 2.84. The van der Waals surface area contributed by atoms with Gasteiger partial charge in [-0.2, -0.15) is 0 Å². The Labute approximate surface area is 195 Å². The van der Waals surface area contributed by atoms with Crippen LogP contribution >= 0.6 is 0 Å². The van der Waals surface area contributed by atoms with Crippen LogP contribution in [0.5, 0.6) is 0 Å². The van der Waals surface area contributed by atoms with Crippen LogP contribution in [-0.2, 0) is 23.8 Å². The molecule has 0 spiro atoms. The first kappa shape index (κ1) is 22.0. The predicted molar refractivity (Wildman–Crippen MR) is 120 cm³/mol. The third-order valence-electron chi connectivity index (χ3n) is 10.6. The number of hydrogen-bond acceptors (Lipinski definition) is 5. The highest BCUT2D eigenvalue weighted by molar-refractivity contribution is 5.90. The van der Waals surface area contributed by atoms with Gasteiger partial charge < -0.3 is 24.1 Å². The average Bonchev–Trinajstić information content (AvgIpc) is 3.39. The second-order valence-electron chi connectivity index (χ2n) is 12.0. The van der Waals surface area contributed by atoms with Gasteiger partial charge in [-0.15, -0.1) is 0 Å². The second-order valence-corrected chi connectivity index (χ2v) is 12.0. The Bertz CT molecular complexity index is 950. The minimum atomic E-state index is -1.21. The summed E-state index contributed by atoms with van der Waals surface area (Å²) < 4.78 is 18.3. The molecule has 5 fully saturated rings. The van der Waals surface area contributed by atoms with Crippen LogP contribution in [0.15, 0.2) is 23.8 Å². The monoisotopic (exact) mass is 456 g/mol. The first-order chi connectivity index (χ1) is 15.6. The molecule has 6 aliphatic rings. The molecule has 6 rings (SSSR count). The van der Waals surface area contributed by atoms with E-state index in [1.807, 2.05) is 6.92 Å². The zero-order valence-electron chi connectivity index (χ0n) is 20.1. The number of carboxylic acids is 1. The minimum Gasteiger partial charge on any atom is -0.481 e. The molecule has 6 heteroatoms. The first-order valence-electron chi connectivity index (χ1n) is 12.7. The third-order valence-corrected chi connectivity index (χ3v) is 10.6. The van der Waals surface area contributed by atoms with Gasteiger partial charge in [-0.1, -0.05) is 45.4 Å². The van der Waals surface area contributed by atoms with Crippen LogP contribution in [0, 0.1) is 45.8 Å². The van der Waals surface area contributed by atoms with Crippen LogP contribution in [0.4, 0.5) is 0 Å². The van der Waals surface area contributed by atoms with Crippen molar-refractivity contribution >= 4 is 12.3 Å². The van der Waals surface area contributed by atoms with Crippen LogP contribution in [0.25, 0.3) is 0 Å². The number of aliphatic carboxylic acids is 1. The van der Waals surface area contributed by atoms with Gasteiger partial charge in [0, 0.05) is 5.41 Å². The van der Waals surface area contributed by atoms with E-state index >= 15 is 0 Å². The molecule has 1 N–H and O–H groups in total. The smallest absolute Gasteiger partial charge is 0.315 e. The Morgan fingerprint density at radius 2 is 2.06 bits per heavy atom. The van der Waals surface area contributed by atoms with E-state index in [-0.39, 0.29) is 42.7 Å². The highest BCUT2D eigenvalue weighted by Crippen LogP contribution is 2.82. The summed E-state index contributed by atoms with van der Waals surface area (Å²) in [6.07, 6.45) is 5.80. The van der Waals surface area contributed by atoms with E-state index in [1.165, 1.54) is 0 Å². The van der Waals surface area contributed by atoms with E-state index < -0.39 is 28.5 Å². The van der Waals surface area contributed by atoms with E-state index in [0.717, 1.165) is 36.7 Å². The summed E-state index contributed by atoms with van der Waals surface area (Å²) in [4.78, 5) is 26.5. The van der Waals surface area contributed by atoms with Crippen molar-refractivity contribution in [2.24, 2.45) is 45.8 Å². The quantitative estimate of drug-likeness (QED) is 0.369. The number of allylic oxidation sites excluding steroid dienone is 1. The number of fused-ring (bicyclic) bond motifs is 3. The van der Waals surface area contributed by atoms with Gasteiger partial charge in [0.15, 0.2) is 6.29 Å². The van der Waals surface area contributed by atoms with E-state index in [0.29, 0.717) is 18.3 Å². The van der Waals surface area contributed by atoms with Crippen LogP contribution in [0.3, 0.4) is 0 Å². The van der Waals surface area contributed by atoms with Crippen molar-refractivity contribution in [1.82, 2.24) is 0 Å². The van der Waals surface area contributed by atoms with Crippen molar-refractivity contribution in [3.05, 3.63) is 23.8 Å². The van der Waals surface area contributed by atoms with E-state index in [9.17, 15) is 14.7 Å². The zero-order chi connectivity index (χ0) is 23.5. The summed E-state index contributed by atoms with van der Waals surface area (Å²) in [6.45, 7) is 12.7. The minimum absolute atomic E-state index is 0.0286. The standard InChI is InChI=1S/C27H36O6/c1-13(2)20-8-17-9-25(11-28)19-7-6-14(3)18(19)10-26(17,27(20,25)24(29)30)12-31-23-22-21(33-22)15(4)16(5)32-23/h8,11,13-14,16-19,21-23H,4,6-7,9-10,12H2,1-3,5H3,(H,29,30)/t14?,16-,17?,18?,19?,21+,22+,23-,25?,26?,27?/m1/s1. The molecule has 11 atom stereocenters. The summed E-state index contributed by atoms with van der Waals surface area (Å²) in [6, 6.07) is 0. The molecule has 0 aromatic heterocycles. The molecule has 2 aliphatic heterocycles. The Kier molecular flexibility index (Phi) is 4.53. The topological polar surface area (TPSA) is 85.4 Å². The molecular formula is C27H36O6. The fraction of sp³-hybridized carbons (Fsp3) is 0.778. The molecule has 4 bridgehead atoms. The van der Waals surface area contributed by atoms with Gasteiger partial charge in [0.2, 0.25) is 0 Å². The summed E-state index contributed by atoms with van der Waals surface area (Å²) in [5.74, 6) is 0.222. The molecule has 0 radical (unpaired) electrons. The van der Waals surface area contributed by atoms with Crippen LogP contribution < -0.4 is 0 Å². The molecule has 4 aliphatic carbocycles. The maximum absolute atomic E-state index is 13.4. The van der Waals surface area contributed by atoms with Gasteiger partial charge in [0.25, 0.3) is 0 Å². The van der Waals surface area contributed by atoms with Gasteiger partial charge in [0.05, 0.1) is 18.1 Å². The number of carbonyl (C=O) groups is 2. The molecule has 7 unspecified atom stereocenters. The number of aldehydes is 1. The van der Waals surface area contributed by atoms with Gasteiger partial charge in [-0.05, 0) is 61.3 Å². The lowest BCUT2D eigenvalue weighted by Crippen LogP contribution is -2.63. The van der Waals surface area contributed by atoms with Crippen molar-refractivity contribution in [2.75, 3.05) is 6.61 Å². The van der Waals surface area contributed by atoms with Gasteiger partial charge in [0.1, 0.15) is 23.9 Å². The van der Waals surface area contributed by atoms with Crippen LogP contribution in [0.1, 0.15) is 53.4 Å². The maximum atomic E-state index is 13.4. The molecule has 0 aromatic rings. The normalized spacial score (nSPS) is 53.6. The van der Waals surface area contributed by atoms with E-state index in [2.05, 4.69) is 33.4 Å². The van der Waals surface area contributed by atoms with Crippen molar-refractivity contribution in [3.8, 4) is 0 Å². The number of carboxylic acid groups (broad SMARTS) is 1. The fourth-order valence-electron chi connectivity index (χ4n) is 9.23. The number of rotatable bonds is 6. The zero-order valence-corrected chi connectivity index (χ0v) is 20.1. The van der Waals surface area contributed by atoms with Crippen molar-refractivity contribution in [2.45, 2.75) is 78.0 Å². The summed E-state index contributed by atoms with van der Waals surface area (Å²) in [7, 11) is 0. The molecule has 2 saturated heterocycles. The summed E-state index contributed by atoms with van der Waals surface area (Å²) in [5.41, 5.74) is -0.830. The lowest BCUT2D eigenvalue weighted by Gasteiger charge is -2.58. The Morgan fingerprint density at radius 1 is 1.30 bits per heavy atom. The van der Waals surface area contributed by atoms with E-state index in [1.54, 1.807) is 0 Å². The van der Waals surface area contributed by atoms with Gasteiger partial charge >= 0.3 is 5.97 Å². The Balaban J connectivity index is 1.44. The highest BCUT2D eigenvalue weighted by atomic mass is 16.7.